The molecule has 0 aliphatic carbocycles. The third-order valence-corrected chi connectivity index (χ3v) is 6.19. The van der Waals surface area contributed by atoms with Crippen molar-refractivity contribution in [3.05, 3.63) is 125 Å². The van der Waals surface area contributed by atoms with Gasteiger partial charge in [-0.05, 0) is 50.3 Å². The molecule has 2 aromatic carbocycles. The monoisotopic (exact) mass is 459 g/mol. The standard InChI is InChI=1S/C32H33N3/c1-5-7-14-26(6-2)23-35(20-19-27-15-10-12-24(3)21-27)32-25(4)13-11-18-30(34-32)28-16-8-9-17-29(28)31-22-33-31/h5-10,12-18,21H,2,11,19-20,23H2,1,3-4H3/b7-5-,26-14+. The Morgan fingerprint density at radius 1 is 1.09 bits per heavy atom. The van der Waals surface area contributed by atoms with Gasteiger partial charge in [0.15, 0.2) is 0 Å². The molecule has 4 rings (SSSR count). The molecule has 2 heterocycles. The van der Waals surface area contributed by atoms with Gasteiger partial charge in [0.2, 0.25) is 0 Å². The number of nitrogens with zero attached hydrogens (tertiary/aromatic N) is 3. The second-order valence-corrected chi connectivity index (χ2v) is 8.90. The van der Waals surface area contributed by atoms with E-state index in [0.29, 0.717) is 0 Å². The van der Waals surface area contributed by atoms with E-state index in [-0.39, 0.29) is 0 Å². The van der Waals surface area contributed by atoms with E-state index < -0.39 is 0 Å². The molecule has 0 unspecified atom stereocenters. The summed E-state index contributed by atoms with van der Waals surface area (Å²) < 4.78 is 0. The number of aliphatic imine (C=N–C) groups is 2. The summed E-state index contributed by atoms with van der Waals surface area (Å²) >= 11 is 0. The predicted molar refractivity (Wildman–Crippen MR) is 151 cm³/mol. The fourth-order valence-electron chi connectivity index (χ4n) is 4.26. The third kappa shape index (κ3) is 6.35. The molecule has 3 heteroatoms. The summed E-state index contributed by atoms with van der Waals surface area (Å²) in [4.78, 5) is 11.9. The summed E-state index contributed by atoms with van der Waals surface area (Å²) in [6.45, 7) is 12.0. The summed E-state index contributed by atoms with van der Waals surface area (Å²) in [6, 6.07) is 17.1. The molecule has 0 N–H and O–H groups in total. The van der Waals surface area contributed by atoms with Crippen LogP contribution >= 0.6 is 0 Å². The van der Waals surface area contributed by atoms with Crippen molar-refractivity contribution in [2.24, 2.45) is 9.98 Å². The molecule has 2 aliphatic heterocycles. The summed E-state index contributed by atoms with van der Waals surface area (Å²) in [5.74, 6) is 4.01. The van der Waals surface area contributed by atoms with Crippen molar-refractivity contribution in [3.8, 4) is 0 Å². The molecule has 176 valence electrons. The van der Waals surface area contributed by atoms with Crippen LogP contribution in [-0.4, -0.2) is 29.7 Å². The Morgan fingerprint density at radius 3 is 2.60 bits per heavy atom. The first-order chi connectivity index (χ1) is 17.1. The van der Waals surface area contributed by atoms with Crippen LogP contribution in [-0.2, 0) is 6.42 Å². The van der Waals surface area contributed by atoms with E-state index in [1.807, 2.05) is 25.1 Å². The van der Waals surface area contributed by atoms with Crippen LogP contribution in [0.25, 0.3) is 11.4 Å². The molecule has 0 aromatic heterocycles. The van der Waals surface area contributed by atoms with Crippen molar-refractivity contribution in [2.75, 3.05) is 13.1 Å². The maximum atomic E-state index is 5.27. The van der Waals surface area contributed by atoms with Crippen LogP contribution in [0.5, 0.6) is 0 Å². The zero-order chi connectivity index (χ0) is 24.6. The molecule has 3 nitrogen and oxygen atoms in total. The number of aryl methyl sites for hydroxylation is 1. The molecule has 0 saturated carbocycles. The maximum Gasteiger partial charge on any atom is 0.142 e. The fraction of sp³-hybridized carbons (Fsp3) is 0.219. The van der Waals surface area contributed by atoms with Gasteiger partial charge in [-0.2, -0.15) is 4.99 Å². The summed E-state index contributed by atoms with van der Waals surface area (Å²) in [5, 5.41) is 0. The third-order valence-electron chi connectivity index (χ3n) is 6.19. The lowest BCUT2D eigenvalue weighted by Crippen LogP contribution is -2.35. The van der Waals surface area contributed by atoms with Crippen molar-refractivity contribution >= 4 is 23.1 Å². The van der Waals surface area contributed by atoms with Gasteiger partial charge in [-0.25, -0.2) is 4.99 Å². The summed E-state index contributed by atoms with van der Waals surface area (Å²) in [7, 11) is 0. The summed E-state index contributed by atoms with van der Waals surface area (Å²) in [5.41, 5.74) is 9.07. The van der Waals surface area contributed by atoms with Crippen molar-refractivity contribution in [2.45, 2.75) is 33.6 Å². The van der Waals surface area contributed by atoms with Crippen LogP contribution in [0.3, 0.4) is 0 Å². The van der Waals surface area contributed by atoms with Crippen molar-refractivity contribution in [3.63, 3.8) is 0 Å². The van der Waals surface area contributed by atoms with Crippen molar-refractivity contribution in [1.82, 2.24) is 4.90 Å². The van der Waals surface area contributed by atoms with Gasteiger partial charge >= 0.3 is 0 Å². The first-order valence-corrected chi connectivity index (χ1v) is 12.2. The van der Waals surface area contributed by atoms with E-state index in [9.17, 15) is 0 Å². The Bertz CT molecular complexity index is 1320. The highest BCUT2D eigenvalue weighted by Crippen LogP contribution is 2.31. The van der Waals surface area contributed by atoms with Gasteiger partial charge in [0.1, 0.15) is 11.5 Å². The number of rotatable bonds is 9. The van der Waals surface area contributed by atoms with Gasteiger partial charge in [-0.3, -0.25) is 0 Å². The molecule has 0 atom stereocenters. The van der Waals surface area contributed by atoms with Gasteiger partial charge in [0, 0.05) is 30.1 Å². The first-order valence-electron chi connectivity index (χ1n) is 12.2. The van der Waals surface area contributed by atoms with E-state index in [1.54, 1.807) is 0 Å². The molecule has 0 fully saturated rings. The second-order valence-electron chi connectivity index (χ2n) is 8.90. The lowest BCUT2D eigenvalue weighted by atomic mass is 10.0. The number of hydrogen-bond acceptors (Lipinski definition) is 3. The quantitative estimate of drug-likeness (QED) is 0.361. The first kappa shape index (κ1) is 24.2. The highest BCUT2D eigenvalue weighted by molar-refractivity contribution is 6.07. The second kappa shape index (κ2) is 11.5. The van der Waals surface area contributed by atoms with E-state index in [0.717, 1.165) is 59.9 Å². The van der Waals surface area contributed by atoms with Crippen molar-refractivity contribution in [1.29, 1.82) is 0 Å². The van der Waals surface area contributed by atoms with Gasteiger partial charge < -0.3 is 4.90 Å². The van der Waals surface area contributed by atoms with Gasteiger partial charge in [-0.15, -0.1) is 0 Å². The Morgan fingerprint density at radius 2 is 1.89 bits per heavy atom. The minimum atomic E-state index is 0.743. The van der Waals surface area contributed by atoms with Gasteiger partial charge in [0.25, 0.3) is 0 Å². The zero-order valence-electron chi connectivity index (χ0n) is 21.0. The molecule has 0 bridgehead atoms. The SMILES string of the molecule is C=C/C(=C\C=C/C)CN(CCc1cccc(C)c1)C1=NC(c2ccccc2C2=C=N2)=CCC=C1C. The molecule has 35 heavy (non-hydrogen) atoms. The number of allylic oxidation sites excluding steroid dienone is 5. The topological polar surface area (TPSA) is 28.0 Å². The molecule has 0 spiro atoms. The Kier molecular flexibility index (Phi) is 7.92. The molecule has 2 aromatic rings. The van der Waals surface area contributed by atoms with Gasteiger partial charge in [-0.1, -0.05) is 97.1 Å². The molecular weight excluding hydrogens is 426 g/mol. The lowest BCUT2D eigenvalue weighted by Gasteiger charge is -2.28. The maximum absolute atomic E-state index is 5.27. The van der Waals surface area contributed by atoms with E-state index in [2.05, 4.69) is 103 Å². The Labute approximate surface area is 209 Å². The van der Waals surface area contributed by atoms with Crippen LogP contribution in [0.1, 0.15) is 42.5 Å². The fourth-order valence-corrected chi connectivity index (χ4v) is 4.26. The van der Waals surface area contributed by atoms with E-state index >= 15 is 0 Å². The number of benzene rings is 2. The van der Waals surface area contributed by atoms with E-state index in [1.165, 1.54) is 16.7 Å². The van der Waals surface area contributed by atoms with Gasteiger partial charge in [0.05, 0.1) is 5.70 Å². The average Bonchev–Trinajstić information content (AvgIpc) is 3.72. The lowest BCUT2D eigenvalue weighted by molar-refractivity contribution is 0.459. The summed E-state index contributed by atoms with van der Waals surface area (Å²) in [6.07, 6.45) is 14.4. The molecule has 0 radical (unpaired) electrons. The van der Waals surface area contributed by atoms with Crippen LogP contribution < -0.4 is 0 Å². The van der Waals surface area contributed by atoms with Crippen LogP contribution in [0.2, 0.25) is 0 Å². The number of amidine groups is 1. The largest absolute Gasteiger partial charge is 0.352 e. The van der Waals surface area contributed by atoms with Crippen molar-refractivity contribution < 1.29 is 0 Å². The van der Waals surface area contributed by atoms with E-state index in [4.69, 9.17) is 4.99 Å². The number of hydrogen-bond donors (Lipinski definition) is 0. The highest BCUT2D eigenvalue weighted by atomic mass is 15.2. The minimum Gasteiger partial charge on any atom is -0.352 e. The molecule has 2 aliphatic rings. The average molecular weight is 460 g/mol. The predicted octanol–water partition coefficient (Wildman–Crippen LogP) is 7.34. The normalized spacial score (nSPS) is 15.2. The van der Waals surface area contributed by atoms with Crippen LogP contribution in [0.15, 0.2) is 113 Å². The van der Waals surface area contributed by atoms with Crippen LogP contribution in [0, 0.1) is 6.92 Å². The minimum absolute atomic E-state index is 0.743. The smallest absolute Gasteiger partial charge is 0.142 e. The highest BCUT2D eigenvalue weighted by Gasteiger charge is 2.20. The van der Waals surface area contributed by atoms with Crippen LogP contribution in [0.4, 0.5) is 0 Å². The molecular formula is C32H33N3. The Hall–Kier alpha value is -3.94. The Balaban J connectivity index is 1.70. The zero-order valence-corrected chi connectivity index (χ0v) is 21.0. The molecule has 0 saturated heterocycles. The molecule has 0 amide bonds.